The van der Waals surface area contributed by atoms with Crippen molar-refractivity contribution in [3.05, 3.63) is 23.8 Å². The zero-order valence-electron chi connectivity index (χ0n) is 12.2. The predicted octanol–water partition coefficient (Wildman–Crippen LogP) is 2.79. The van der Waals surface area contributed by atoms with E-state index in [1.807, 2.05) is 7.05 Å². The Labute approximate surface area is 120 Å². The Morgan fingerprint density at radius 2 is 2.10 bits per heavy atom. The number of benzene rings is 1. The van der Waals surface area contributed by atoms with E-state index >= 15 is 0 Å². The van der Waals surface area contributed by atoms with Gasteiger partial charge in [0, 0.05) is 12.1 Å². The van der Waals surface area contributed by atoms with E-state index in [1.165, 1.54) is 31.0 Å². The zero-order valence-corrected chi connectivity index (χ0v) is 12.2. The fraction of sp³-hybridized carbons (Fsp3) is 0.562. The number of Topliss-reactive ketones (excluding diaryl/α,β-unsaturated/α-hetero) is 1. The van der Waals surface area contributed by atoms with Gasteiger partial charge in [0.05, 0.1) is 12.1 Å². The maximum absolute atomic E-state index is 12.2. The van der Waals surface area contributed by atoms with Gasteiger partial charge in [0.2, 0.25) is 0 Å². The number of hydrogen-bond donors (Lipinski definition) is 2. The van der Waals surface area contributed by atoms with E-state index in [0.717, 1.165) is 12.8 Å². The van der Waals surface area contributed by atoms with Crippen LogP contribution in [0.15, 0.2) is 18.2 Å². The Morgan fingerprint density at radius 3 is 2.75 bits per heavy atom. The molecule has 0 amide bonds. The summed E-state index contributed by atoms with van der Waals surface area (Å²) < 4.78 is 0. The molecule has 0 heterocycles. The van der Waals surface area contributed by atoms with Crippen molar-refractivity contribution in [3.8, 4) is 11.5 Å². The summed E-state index contributed by atoms with van der Waals surface area (Å²) in [6.07, 6.45) is 4.76. The van der Waals surface area contributed by atoms with Gasteiger partial charge in [-0.25, -0.2) is 0 Å². The highest BCUT2D eigenvalue weighted by atomic mass is 16.3. The molecule has 0 spiro atoms. The molecular formula is C16H23NO3. The average molecular weight is 277 g/mol. The maximum atomic E-state index is 12.2. The smallest absolute Gasteiger partial charge is 0.180 e. The average Bonchev–Trinajstić information content (AvgIpc) is 2.38. The molecule has 2 atom stereocenters. The van der Waals surface area contributed by atoms with Crippen LogP contribution in [0.3, 0.4) is 0 Å². The van der Waals surface area contributed by atoms with Crippen LogP contribution in [0, 0.1) is 5.92 Å². The van der Waals surface area contributed by atoms with Crippen molar-refractivity contribution in [3.63, 3.8) is 0 Å². The number of hydrogen-bond acceptors (Lipinski definition) is 4. The van der Waals surface area contributed by atoms with Crippen LogP contribution in [-0.4, -0.2) is 40.5 Å². The van der Waals surface area contributed by atoms with Gasteiger partial charge in [-0.15, -0.1) is 0 Å². The molecule has 4 heteroatoms. The quantitative estimate of drug-likeness (QED) is 0.831. The summed E-state index contributed by atoms with van der Waals surface area (Å²) in [5, 5.41) is 19.0. The van der Waals surface area contributed by atoms with Crippen LogP contribution in [-0.2, 0) is 0 Å². The van der Waals surface area contributed by atoms with Gasteiger partial charge in [0.15, 0.2) is 5.78 Å². The summed E-state index contributed by atoms with van der Waals surface area (Å²) in [6, 6.07) is 4.55. The molecular weight excluding hydrogens is 254 g/mol. The Morgan fingerprint density at radius 1 is 1.35 bits per heavy atom. The lowest BCUT2D eigenvalue weighted by molar-refractivity contribution is 0.0880. The molecule has 1 aliphatic rings. The Balaban J connectivity index is 1.99. The summed E-state index contributed by atoms with van der Waals surface area (Å²) in [7, 11) is 1.97. The molecule has 0 radical (unpaired) electrons. The van der Waals surface area contributed by atoms with Crippen LogP contribution in [0.4, 0.5) is 0 Å². The van der Waals surface area contributed by atoms with Crippen molar-refractivity contribution in [2.45, 2.75) is 38.6 Å². The minimum absolute atomic E-state index is 0.0338. The molecule has 110 valence electrons. The van der Waals surface area contributed by atoms with E-state index in [-0.39, 0.29) is 22.8 Å². The van der Waals surface area contributed by atoms with Crippen LogP contribution in [0.2, 0.25) is 0 Å². The summed E-state index contributed by atoms with van der Waals surface area (Å²) >= 11 is 0. The SMILES string of the molecule is CC1CCCC(N(C)CC(=O)c2ccc(O)cc2O)C1. The first kappa shape index (κ1) is 14.9. The minimum atomic E-state index is -0.152. The second-order valence-electron chi connectivity index (χ2n) is 5.97. The lowest BCUT2D eigenvalue weighted by Crippen LogP contribution is -2.38. The van der Waals surface area contributed by atoms with Crippen molar-refractivity contribution in [1.82, 2.24) is 4.90 Å². The number of nitrogens with zero attached hydrogens (tertiary/aromatic N) is 1. The van der Waals surface area contributed by atoms with E-state index in [9.17, 15) is 15.0 Å². The molecule has 0 saturated heterocycles. The molecule has 2 rings (SSSR count). The molecule has 0 aliphatic heterocycles. The van der Waals surface area contributed by atoms with Gasteiger partial charge in [0.1, 0.15) is 11.5 Å². The molecule has 2 N–H and O–H groups in total. The van der Waals surface area contributed by atoms with Gasteiger partial charge in [-0.3, -0.25) is 9.69 Å². The van der Waals surface area contributed by atoms with Crippen molar-refractivity contribution in [1.29, 1.82) is 0 Å². The first-order valence-electron chi connectivity index (χ1n) is 7.22. The number of rotatable bonds is 4. The van der Waals surface area contributed by atoms with Crippen molar-refractivity contribution in [2.24, 2.45) is 5.92 Å². The van der Waals surface area contributed by atoms with Gasteiger partial charge < -0.3 is 10.2 Å². The minimum Gasteiger partial charge on any atom is -0.508 e. The van der Waals surface area contributed by atoms with Gasteiger partial charge >= 0.3 is 0 Å². The lowest BCUT2D eigenvalue weighted by atomic mass is 9.86. The molecule has 1 aromatic rings. The Bertz CT molecular complexity index is 487. The first-order chi connectivity index (χ1) is 9.47. The molecule has 0 bridgehead atoms. The lowest BCUT2D eigenvalue weighted by Gasteiger charge is -2.33. The number of carbonyl (C=O) groups is 1. The third kappa shape index (κ3) is 3.51. The van der Waals surface area contributed by atoms with Crippen LogP contribution >= 0.6 is 0 Å². The normalized spacial score (nSPS) is 22.9. The summed E-state index contributed by atoms with van der Waals surface area (Å²) in [5.74, 6) is 0.422. The molecule has 1 saturated carbocycles. The number of aromatic hydroxyl groups is 2. The number of likely N-dealkylation sites (N-methyl/N-ethyl adjacent to an activating group) is 1. The molecule has 0 aromatic heterocycles. The van der Waals surface area contributed by atoms with E-state index < -0.39 is 0 Å². The van der Waals surface area contributed by atoms with Gasteiger partial charge in [0.25, 0.3) is 0 Å². The monoisotopic (exact) mass is 277 g/mol. The van der Waals surface area contributed by atoms with Gasteiger partial charge in [-0.1, -0.05) is 19.8 Å². The van der Waals surface area contributed by atoms with Gasteiger partial charge in [-0.2, -0.15) is 0 Å². The fourth-order valence-electron chi connectivity index (χ4n) is 3.00. The van der Waals surface area contributed by atoms with E-state index in [0.29, 0.717) is 18.5 Å². The number of carbonyl (C=O) groups excluding carboxylic acids is 1. The highest BCUT2D eigenvalue weighted by Gasteiger charge is 2.24. The van der Waals surface area contributed by atoms with Crippen molar-refractivity contribution >= 4 is 5.78 Å². The summed E-state index contributed by atoms with van der Waals surface area (Å²) in [4.78, 5) is 14.3. The standard InChI is InChI=1S/C16H23NO3/c1-11-4-3-5-12(8-11)17(2)10-16(20)14-7-6-13(18)9-15(14)19/h6-7,9,11-12,18-19H,3-5,8,10H2,1-2H3. The largest absolute Gasteiger partial charge is 0.508 e. The fourth-order valence-corrected chi connectivity index (χ4v) is 3.00. The summed E-state index contributed by atoms with van der Waals surface area (Å²) in [5.41, 5.74) is 0.276. The first-order valence-corrected chi connectivity index (χ1v) is 7.22. The number of phenols is 2. The van der Waals surface area contributed by atoms with Crippen molar-refractivity contribution in [2.75, 3.05) is 13.6 Å². The Kier molecular flexibility index (Phi) is 4.65. The molecule has 20 heavy (non-hydrogen) atoms. The molecule has 1 fully saturated rings. The second-order valence-corrected chi connectivity index (χ2v) is 5.97. The van der Waals surface area contributed by atoms with Crippen molar-refractivity contribution < 1.29 is 15.0 Å². The second kappa shape index (κ2) is 6.27. The third-order valence-corrected chi connectivity index (χ3v) is 4.21. The van der Waals surface area contributed by atoms with Crippen LogP contribution in [0.1, 0.15) is 43.0 Å². The highest BCUT2D eigenvalue weighted by Crippen LogP contribution is 2.27. The van der Waals surface area contributed by atoms with Gasteiger partial charge in [-0.05, 0) is 37.9 Å². The van der Waals surface area contributed by atoms with E-state index in [1.54, 1.807) is 0 Å². The number of ketones is 1. The third-order valence-electron chi connectivity index (χ3n) is 4.21. The highest BCUT2D eigenvalue weighted by molar-refractivity contribution is 6.00. The zero-order chi connectivity index (χ0) is 14.7. The number of phenolic OH excluding ortho intramolecular Hbond substituents is 2. The molecule has 2 unspecified atom stereocenters. The maximum Gasteiger partial charge on any atom is 0.180 e. The predicted molar refractivity (Wildman–Crippen MR) is 78.2 cm³/mol. The molecule has 1 aliphatic carbocycles. The van der Waals surface area contributed by atoms with Crippen LogP contribution in [0.5, 0.6) is 11.5 Å². The van der Waals surface area contributed by atoms with Crippen LogP contribution < -0.4 is 0 Å². The topological polar surface area (TPSA) is 60.8 Å². The Hall–Kier alpha value is -1.55. The molecule has 4 nitrogen and oxygen atoms in total. The summed E-state index contributed by atoms with van der Waals surface area (Å²) in [6.45, 7) is 2.56. The van der Waals surface area contributed by atoms with E-state index in [4.69, 9.17) is 0 Å². The van der Waals surface area contributed by atoms with E-state index in [2.05, 4.69) is 11.8 Å². The van der Waals surface area contributed by atoms with Crippen LogP contribution in [0.25, 0.3) is 0 Å². The molecule has 1 aromatic carbocycles.